The highest BCUT2D eigenvalue weighted by Crippen LogP contribution is 2.39. The van der Waals surface area contributed by atoms with E-state index in [9.17, 15) is 32.9 Å². The van der Waals surface area contributed by atoms with Crippen molar-refractivity contribution in [1.29, 1.82) is 0 Å². The van der Waals surface area contributed by atoms with Gasteiger partial charge in [-0.2, -0.15) is 4.68 Å². The second kappa shape index (κ2) is 20.7. The monoisotopic (exact) mass is 818 g/mol. The minimum atomic E-state index is -3.10. The van der Waals surface area contributed by atoms with Gasteiger partial charge in [-0.25, -0.2) is 14.1 Å². The third kappa shape index (κ3) is 13.5. The van der Waals surface area contributed by atoms with Gasteiger partial charge in [-0.05, 0) is 50.8 Å². The van der Waals surface area contributed by atoms with Crippen LogP contribution in [0.4, 0.5) is 10.1 Å². The molecule has 6 N–H and O–H groups in total. The van der Waals surface area contributed by atoms with E-state index in [0.717, 1.165) is 47.7 Å². The fraction of sp³-hybridized carbons (Fsp3) is 0.559. The third-order valence-corrected chi connectivity index (χ3v) is 9.94. The summed E-state index contributed by atoms with van der Waals surface area (Å²) in [5.41, 5.74) is 5.54. The standard InChI is InChI=1S/C21H23ClFNO5.C8H14N4OS.C5H12NO4P/c1-2-3-6-9-28-19(25)12-29-18-11-17(16(23)10-15(18)22)24-20(26)13-7-4-5-8-14(13)21(24)27;1-8(2,3)5-6(13)12(9)7(14-4)11-10-5;1-11(9,10)3-2-4(6)5(7)8/h10-11H,2-9,12H2,1H3;9H2,1-4H3;4H,2-3,6H2,1H3,(H,7,8)(H,9,10). The Morgan fingerprint density at radius 3 is 2.20 bits per heavy atom. The molecule has 0 saturated heterocycles. The molecule has 1 aliphatic heterocycles. The van der Waals surface area contributed by atoms with Crippen molar-refractivity contribution in [2.45, 2.75) is 95.7 Å². The van der Waals surface area contributed by atoms with Gasteiger partial charge in [-0.3, -0.25) is 23.7 Å². The minimum Gasteiger partial charge on any atom is -0.480 e. The van der Waals surface area contributed by atoms with Crippen molar-refractivity contribution in [2.75, 3.05) is 43.0 Å². The predicted octanol–water partition coefficient (Wildman–Crippen LogP) is 4.40. The summed E-state index contributed by atoms with van der Waals surface area (Å²) in [6.45, 7) is 8.81. The average Bonchev–Trinajstić information content (AvgIpc) is 3.35. The van der Waals surface area contributed by atoms with Gasteiger partial charge in [0.2, 0.25) is 5.16 Å². The number of carboxylic acids is 1. The van der Waals surface area contributed by atoms with Crippen LogP contribution >= 0.6 is 30.7 Å². The highest BCUT2D eigenvalue weighted by Gasteiger charge is 2.41. The molecule has 1 aliphatic carbocycles. The lowest BCUT2D eigenvalue weighted by Crippen LogP contribution is -2.37. The topological polar surface area (TPSA) is 247 Å². The first-order chi connectivity index (χ1) is 25.1. The van der Waals surface area contributed by atoms with Crippen molar-refractivity contribution in [3.63, 3.8) is 0 Å². The van der Waals surface area contributed by atoms with Gasteiger partial charge < -0.3 is 31.1 Å². The molecule has 2 amide bonds. The normalized spacial score (nSPS) is 15.6. The fourth-order valence-corrected chi connectivity index (χ4v) is 6.34. The molecular weight excluding hydrogens is 770 g/mol. The van der Waals surface area contributed by atoms with E-state index in [1.165, 1.54) is 24.5 Å². The molecule has 2 aliphatic rings. The van der Waals surface area contributed by atoms with Crippen LogP contribution in [0.15, 0.2) is 33.2 Å². The number of amides is 2. The summed E-state index contributed by atoms with van der Waals surface area (Å²) < 4.78 is 36.7. The molecule has 2 heterocycles. The van der Waals surface area contributed by atoms with Gasteiger partial charge in [0.25, 0.3) is 17.4 Å². The average molecular weight is 819 g/mol. The number of nitrogens with two attached hydrogens (primary N) is 2. The highest BCUT2D eigenvalue weighted by atomic mass is 35.5. The van der Waals surface area contributed by atoms with E-state index in [0.29, 0.717) is 41.4 Å². The van der Waals surface area contributed by atoms with Crippen molar-refractivity contribution in [2.24, 2.45) is 5.73 Å². The number of benzene rings is 1. The van der Waals surface area contributed by atoms with Crippen molar-refractivity contribution in [1.82, 2.24) is 14.9 Å². The maximum Gasteiger partial charge on any atom is 0.344 e. The molecule has 2 aromatic rings. The van der Waals surface area contributed by atoms with E-state index in [-0.39, 0.29) is 40.0 Å². The van der Waals surface area contributed by atoms with Gasteiger partial charge in [0.1, 0.15) is 23.3 Å². The van der Waals surface area contributed by atoms with Crippen LogP contribution in [0.5, 0.6) is 5.75 Å². The Morgan fingerprint density at radius 2 is 1.70 bits per heavy atom. The maximum atomic E-state index is 14.5. The van der Waals surface area contributed by atoms with Crippen LogP contribution in [0.3, 0.4) is 0 Å². The number of carboxylic acid groups (broad SMARTS) is 1. The molecule has 20 heteroatoms. The van der Waals surface area contributed by atoms with Crippen LogP contribution in [0.1, 0.15) is 84.8 Å². The summed E-state index contributed by atoms with van der Waals surface area (Å²) in [4.78, 5) is 68.5. The van der Waals surface area contributed by atoms with E-state index in [1.807, 2.05) is 27.7 Å². The van der Waals surface area contributed by atoms with Crippen LogP contribution in [0.25, 0.3) is 0 Å². The Labute approximate surface area is 322 Å². The van der Waals surface area contributed by atoms with Gasteiger partial charge in [0.15, 0.2) is 14.0 Å². The molecule has 0 spiro atoms. The molecule has 1 aromatic carbocycles. The molecule has 1 aromatic heterocycles. The molecule has 0 bridgehead atoms. The van der Waals surface area contributed by atoms with Crippen LogP contribution in [0, 0.1) is 5.82 Å². The van der Waals surface area contributed by atoms with Gasteiger partial charge in [-0.1, -0.05) is 63.9 Å². The largest absolute Gasteiger partial charge is 0.480 e. The number of rotatable bonds is 13. The summed E-state index contributed by atoms with van der Waals surface area (Å²) in [6.07, 6.45) is 7.19. The van der Waals surface area contributed by atoms with Crippen LogP contribution in [0.2, 0.25) is 5.02 Å². The molecule has 0 saturated carbocycles. The number of imide groups is 1. The van der Waals surface area contributed by atoms with Crippen LogP contribution in [-0.2, 0) is 33.9 Å². The van der Waals surface area contributed by atoms with E-state index < -0.39 is 49.6 Å². The highest BCUT2D eigenvalue weighted by molar-refractivity contribution is 7.98. The second-order valence-electron chi connectivity index (χ2n) is 13.5. The SMILES string of the molecule is CCCCCOC(=O)COc1cc(N2C(=O)C3=C(CCCC3)C2=O)c(F)cc1Cl.CP(=O)(O)CCC(N)C(=O)O.CSc1nnc(C(C)(C)C)c(=O)n1N. The van der Waals surface area contributed by atoms with Crippen LogP contribution < -0.4 is 26.8 Å². The Bertz CT molecular complexity index is 1800. The number of unbranched alkanes of at least 4 members (excludes halogenated alkanes) is 2. The Morgan fingerprint density at radius 1 is 1.11 bits per heavy atom. The number of aromatic nitrogens is 3. The molecule has 4 rings (SSSR count). The van der Waals surface area contributed by atoms with Gasteiger partial charge in [0.05, 0.1) is 17.3 Å². The molecule has 16 nitrogen and oxygen atoms in total. The molecular formula is C34H49ClFN6O10PS. The number of anilines is 1. The first-order valence-corrected chi connectivity index (χ1v) is 21.0. The summed E-state index contributed by atoms with van der Waals surface area (Å²) >= 11 is 7.31. The van der Waals surface area contributed by atoms with Crippen molar-refractivity contribution >= 4 is 60.2 Å². The Hall–Kier alpha value is -3.83. The first kappa shape index (κ1) is 46.3. The van der Waals surface area contributed by atoms with Gasteiger partial charge >= 0.3 is 11.9 Å². The van der Waals surface area contributed by atoms with Crippen molar-refractivity contribution in [3.05, 3.63) is 50.2 Å². The number of carbonyl (C=O) groups excluding carboxylic acids is 3. The van der Waals surface area contributed by atoms with Crippen LogP contribution in [-0.4, -0.2) is 87.0 Å². The number of esters is 1. The molecule has 2 unspecified atom stereocenters. The number of ether oxygens (including phenoxy) is 2. The summed E-state index contributed by atoms with van der Waals surface area (Å²) in [5, 5.41) is 16.4. The van der Waals surface area contributed by atoms with E-state index in [1.54, 1.807) is 6.26 Å². The number of aliphatic carboxylic acids is 1. The van der Waals surface area contributed by atoms with E-state index in [4.69, 9.17) is 42.7 Å². The first-order valence-electron chi connectivity index (χ1n) is 17.1. The summed E-state index contributed by atoms with van der Waals surface area (Å²) in [5.74, 6) is 2.03. The fourth-order valence-electron chi connectivity index (χ4n) is 4.97. The zero-order valence-corrected chi connectivity index (χ0v) is 33.7. The Balaban J connectivity index is 0.000000334. The number of nitrogens with zero attached hydrogens (tertiary/aromatic N) is 4. The van der Waals surface area contributed by atoms with E-state index >= 15 is 0 Å². The quantitative estimate of drug-likeness (QED) is 0.0546. The summed E-state index contributed by atoms with van der Waals surface area (Å²) in [6, 6.07) is 1.11. The number of hydrogen-bond donors (Lipinski definition) is 4. The number of carbonyl (C=O) groups is 4. The number of halogens is 2. The molecule has 0 radical (unpaired) electrons. The van der Waals surface area contributed by atoms with E-state index in [2.05, 4.69) is 10.2 Å². The van der Waals surface area contributed by atoms with Gasteiger partial charge in [0, 0.05) is 35.5 Å². The number of nitrogen functional groups attached to an aromatic ring is 1. The lowest BCUT2D eigenvalue weighted by atomic mass is 9.93. The number of thioether (sulfide) groups is 1. The number of hydrogen-bond acceptors (Lipinski definition) is 13. The zero-order chi connectivity index (χ0) is 41.0. The molecule has 300 valence electrons. The molecule has 0 fully saturated rings. The smallest absolute Gasteiger partial charge is 0.344 e. The lowest BCUT2D eigenvalue weighted by molar-refractivity contribution is -0.146. The predicted molar refractivity (Wildman–Crippen MR) is 203 cm³/mol. The van der Waals surface area contributed by atoms with Crippen molar-refractivity contribution in [3.8, 4) is 5.75 Å². The van der Waals surface area contributed by atoms with Gasteiger partial charge in [-0.15, -0.1) is 10.2 Å². The zero-order valence-electron chi connectivity index (χ0n) is 31.2. The Kier molecular flexibility index (Phi) is 17.8. The lowest BCUT2D eigenvalue weighted by Gasteiger charge is -2.18. The molecule has 54 heavy (non-hydrogen) atoms. The molecule has 2 atom stereocenters. The van der Waals surface area contributed by atoms with Crippen molar-refractivity contribution < 1.29 is 47.6 Å². The second-order valence-corrected chi connectivity index (χ2v) is 17.3. The third-order valence-electron chi connectivity index (χ3n) is 7.92. The maximum absolute atomic E-state index is 14.5. The summed E-state index contributed by atoms with van der Waals surface area (Å²) in [7, 11) is -3.10. The minimum absolute atomic E-state index is 0.000883.